The lowest BCUT2D eigenvalue weighted by Crippen LogP contribution is -2.40. The minimum atomic E-state index is -3.01. The third-order valence-electron chi connectivity index (χ3n) is 4.20. The maximum atomic E-state index is 12.6. The Morgan fingerprint density at radius 3 is 2.85 bits per heavy atom. The van der Waals surface area contributed by atoms with E-state index >= 15 is 0 Å². The van der Waals surface area contributed by atoms with Gasteiger partial charge in [-0.2, -0.15) is 0 Å². The number of hydrogen-bond donors (Lipinski definition) is 0. The third-order valence-corrected chi connectivity index (χ3v) is 5.97. The van der Waals surface area contributed by atoms with Crippen LogP contribution in [0, 0.1) is 12.8 Å². The Kier molecular flexibility index (Phi) is 3.32. The average molecular weight is 293 g/mol. The van der Waals surface area contributed by atoms with Crippen molar-refractivity contribution in [1.29, 1.82) is 0 Å². The first-order chi connectivity index (χ1) is 9.46. The van der Waals surface area contributed by atoms with E-state index in [9.17, 15) is 13.2 Å². The smallest absolute Gasteiger partial charge is 0.231 e. The summed E-state index contributed by atoms with van der Waals surface area (Å²) in [5.41, 5.74) is 3.36. The molecule has 0 unspecified atom stereocenters. The number of carbonyl (C=O) groups excluding carboxylic acids is 1. The van der Waals surface area contributed by atoms with Crippen LogP contribution >= 0.6 is 0 Å². The van der Waals surface area contributed by atoms with Crippen molar-refractivity contribution in [1.82, 2.24) is 0 Å². The Morgan fingerprint density at radius 1 is 1.35 bits per heavy atom. The maximum Gasteiger partial charge on any atom is 0.231 e. The summed E-state index contributed by atoms with van der Waals surface area (Å²) >= 11 is 0. The van der Waals surface area contributed by atoms with Gasteiger partial charge in [-0.05, 0) is 37.8 Å². The van der Waals surface area contributed by atoms with Gasteiger partial charge in [0.25, 0.3) is 0 Å². The first kappa shape index (κ1) is 13.6. The fourth-order valence-corrected chi connectivity index (χ4v) is 4.90. The summed E-state index contributed by atoms with van der Waals surface area (Å²) in [4.78, 5) is 14.4. The number of aryl methyl sites for hydroxylation is 2. The Hall–Kier alpha value is -1.36. The molecule has 2 aliphatic heterocycles. The molecular formula is C15H19NO3S. The predicted octanol–water partition coefficient (Wildman–Crippen LogP) is 1.71. The first-order valence-electron chi connectivity index (χ1n) is 7.08. The number of fused-ring (bicyclic) bond motifs is 1. The van der Waals surface area contributed by atoms with Gasteiger partial charge >= 0.3 is 0 Å². The lowest BCUT2D eigenvalue weighted by molar-refractivity contribution is -0.121. The molecule has 3 rings (SSSR count). The van der Waals surface area contributed by atoms with Crippen LogP contribution in [0.5, 0.6) is 0 Å². The number of rotatable bonds is 1. The molecule has 4 nitrogen and oxygen atoms in total. The van der Waals surface area contributed by atoms with Gasteiger partial charge in [-0.25, -0.2) is 8.42 Å². The van der Waals surface area contributed by atoms with E-state index in [4.69, 9.17) is 0 Å². The van der Waals surface area contributed by atoms with Crippen LogP contribution in [0.3, 0.4) is 0 Å². The van der Waals surface area contributed by atoms with Crippen LogP contribution in [-0.4, -0.2) is 32.4 Å². The summed E-state index contributed by atoms with van der Waals surface area (Å²) in [6.45, 7) is 2.75. The molecule has 20 heavy (non-hydrogen) atoms. The molecule has 0 N–H and O–H groups in total. The second-order valence-corrected chi connectivity index (χ2v) is 8.05. The van der Waals surface area contributed by atoms with Gasteiger partial charge in [0, 0.05) is 12.2 Å². The van der Waals surface area contributed by atoms with E-state index in [1.807, 2.05) is 19.1 Å². The van der Waals surface area contributed by atoms with Gasteiger partial charge in [0.2, 0.25) is 5.91 Å². The first-order valence-corrected chi connectivity index (χ1v) is 8.90. The van der Waals surface area contributed by atoms with E-state index in [1.165, 1.54) is 11.1 Å². The van der Waals surface area contributed by atoms with Crippen LogP contribution in [0.15, 0.2) is 18.2 Å². The van der Waals surface area contributed by atoms with E-state index in [0.717, 1.165) is 18.5 Å². The molecular weight excluding hydrogens is 274 g/mol. The van der Waals surface area contributed by atoms with Crippen LogP contribution in [0.1, 0.15) is 24.0 Å². The van der Waals surface area contributed by atoms with Crippen molar-refractivity contribution in [3.8, 4) is 0 Å². The number of anilines is 1. The van der Waals surface area contributed by atoms with Gasteiger partial charge in [0.05, 0.1) is 17.4 Å². The van der Waals surface area contributed by atoms with Crippen molar-refractivity contribution < 1.29 is 13.2 Å². The average Bonchev–Trinajstić information content (AvgIpc) is 2.77. The van der Waals surface area contributed by atoms with E-state index in [1.54, 1.807) is 4.90 Å². The standard InChI is InChI=1S/C15H19NO3S/c1-11-4-5-14-12(9-11)3-2-7-16(14)15(17)13-6-8-20(18,19)10-13/h4-5,9,13H,2-3,6-8,10H2,1H3/t13-/m0/s1. The fourth-order valence-electron chi connectivity index (χ4n) is 3.16. The molecule has 1 atom stereocenters. The molecule has 0 saturated carbocycles. The van der Waals surface area contributed by atoms with Crippen LogP contribution in [0.25, 0.3) is 0 Å². The maximum absolute atomic E-state index is 12.6. The number of amides is 1. The molecule has 1 saturated heterocycles. The second-order valence-electron chi connectivity index (χ2n) is 5.83. The van der Waals surface area contributed by atoms with E-state index in [-0.39, 0.29) is 23.3 Å². The molecule has 0 bridgehead atoms. The normalized spacial score (nSPS) is 24.4. The molecule has 0 aliphatic carbocycles. The van der Waals surface area contributed by atoms with Crippen LogP contribution in [0.4, 0.5) is 5.69 Å². The summed E-state index contributed by atoms with van der Waals surface area (Å²) in [5.74, 6) is -0.204. The number of nitrogens with zero attached hydrogens (tertiary/aromatic N) is 1. The van der Waals surface area contributed by atoms with Gasteiger partial charge in [0.15, 0.2) is 9.84 Å². The largest absolute Gasteiger partial charge is 0.312 e. The highest BCUT2D eigenvalue weighted by molar-refractivity contribution is 7.91. The van der Waals surface area contributed by atoms with Gasteiger partial charge in [-0.1, -0.05) is 17.7 Å². The van der Waals surface area contributed by atoms with Crippen molar-refractivity contribution in [3.05, 3.63) is 29.3 Å². The monoisotopic (exact) mass is 293 g/mol. The fraction of sp³-hybridized carbons (Fsp3) is 0.533. The highest BCUT2D eigenvalue weighted by Crippen LogP contribution is 2.31. The zero-order valence-corrected chi connectivity index (χ0v) is 12.4. The summed E-state index contributed by atoms with van der Waals surface area (Å²) < 4.78 is 23.1. The zero-order valence-electron chi connectivity index (χ0n) is 11.6. The molecule has 1 amide bonds. The quantitative estimate of drug-likeness (QED) is 0.792. The summed E-state index contributed by atoms with van der Waals surface area (Å²) in [7, 11) is -3.01. The Balaban J connectivity index is 1.87. The molecule has 5 heteroatoms. The molecule has 1 aromatic rings. The Bertz CT molecular complexity index is 651. The molecule has 0 radical (unpaired) electrons. The highest BCUT2D eigenvalue weighted by atomic mass is 32.2. The predicted molar refractivity (Wildman–Crippen MR) is 78.6 cm³/mol. The number of sulfone groups is 1. The van der Waals surface area contributed by atoms with Crippen molar-refractivity contribution in [2.75, 3.05) is 23.0 Å². The van der Waals surface area contributed by atoms with Crippen molar-refractivity contribution in [2.24, 2.45) is 5.92 Å². The van der Waals surface area contributed by atoms with Crippen molar-refractivity contribution in [2.45, 2.75) is 26.2 Å². The lowest BCUT2D eigenvalue weighted by atomic mass is 9.97. The van der Waals surface area contributed by atoms with Crippen LogP contribution in [-0.2, 0) is 21.1 Å². The van der Waals surface area contributed by atoms with Gasteiger partial charge < -0.3 is 4.90 Å². The summed E-state index contributed by atoms with van der Waals surface area (Å²) in [6.07, 6.45) is 2.41. The topological polar surface area (TPSA) is 54.5 Å². The third kappa shape index (κ3) is 2.46. The Labute approximate surface area is 119 Å². The van der Waals surface area contributed by atoms with Crippen molar-refractivity contribution in [3.63, 3.8) is 0 Å². The van der Waals surface area contributed by atoms with E-state index in [0.29, 0.717) is 13.0 Å². The molecule has 0 spiro atoms. The summed E-state index contributed by atoms with van der Waals surface area (Å²) in [5, 5.41) is 0. The van der Waals surface area contributed by atoms with Crippen molar-refractivity contribution >= 4 is 21.4 Å². The SMILES string of the molecule is Cc1ccc2c(c1)CCCN2C(=O)[C@H]1CCS(=O)(=O)C1. The molecule has 1 fully saturated rings. The van der Waals surface area contributed by atoms with E-state index in [2.05, 4.69) is 6.07 Å². The molecule has 0 aromatic heterocycles. The van der Waals surface area contributed by atoms with Gasteiger partial charge in [-0.15, -0.1) is 0 Å². The second kappa shape index (κ2) is 4.88. The number of hydrogen-bond acceptors (Lipinski definition) is 3. The highest BCUT2D eigenvalue weighted by Gasteiger charge is 2.36. The molecule has 2 aliphatic rings. The number of carbonyl (C=O) groups is 1. The van der Waals surface area contributed by atoms with E-state index < -0.39 is 9.84 Å². The molecule has 1 aromatic carbocycles. The zero-order chi connectivity index (χ0) is 14.3. The minimum absolute atomic E-state index is 0.0174. The minimum Gasteiger partial charge on any atom is -0.312 e. The number of benzene rings is 1. The lowest BCUT2D eigenvalue weighted by Gasteiger charge is -2.31. The van der Waals surface area contributed by atoms with Gasteiger partial charge in [-0.3, -0.25) is 4.79 Å². The molecule has 108 valence electrons. The van der Waals surface area contributed by atoms with Crippen LogP contribution < -0.4 is 4.90 Å². The Morgan fingerprint density at radius 2 is 2.15 bits per heavy atom. The van der Waals surface area contributed by atoms with Crippen LogP contribution in [0.2, 0.25) is 0 Å². The van der Waals surface area contributed by atoms with Gasteiger partial charge in [0.1, 0.15) is 0 Å². The molecule has 2 heterocycles. The summed E-state index contributed by atoms with van der Waals surface area (Å²) in [6, 6.07) is 6.13.